The van der Waals surface area contributed by atoms with E-state index in [9.17, 15) is 9.59 Å². The Labute approximate surface area is 259 Å². The first-order valence-corrected chi connectivity index (χ1v) is 16.1. The average molecular weight is 644 g/mol. The summed E-state index contributed by atoms with van der Waals surface area (Å²) in [6, 6.07) is 13.9. The van der Waals surface area contributed by atoms with E-state index in [1.165, 1.54) is 6.07 Å². The number of rotatable bonds is 12. The van der Waals surface area contributed by atoms with Crippen LogP contribution in [0.25, 0.3) is 0 Å². The first kappa shape index (κ1) is 32.7. The van der Waals surface area contributed by atoms with Crippen LogP contribution in [0.2, 0.25) is 0 Å². The molecule has 41 heavy (non-hydrogen) atoms. The normalized spacial score (nSPS) is 15.6. The van der Waals surface area contributed by atoms with Gasteiger partial charge >= 0.3 is 0 Å². The number of nitrogens with one attached hydrogen (secondary N) is 3. The molecule has 2 amide bonds. The van der Waals surface area contributed by atoms with Crippen molar-refractivity contribution in [1.29, 1.82) is 0 Å². The van der Waals surface area contributed by atoms with Gasteiger partial charge in [-0.3, -0.25) is 9.59 Å². The number of amides is 2. The molecule has 2 heterocycles. The zero-order valence-corrected chi connectivity index (χ0v) is 26.2. The Balaban J connectivity index is 0.00000462. The van der Waals surface area contributed by atoms with Gasteiger partial charge in [-0.1, -0.05) is 18.2 Å². The van der Waals surface area contributed by atoms with E-state index in [1.807, 2.05) is 29.2 Å². The van der Waals surface area contributed by atoms with E-state index < -0.39 is 17.5 Å². The van der Waals surface area contributed by atoms with Gasteiger partial charge in [0, 0.05) is 44.3 Å². The number of hydrogen-bond donors (Lipinski definition) is 3. The summed E-state index contributed by atoms with van der Waals surface area (Å²) >= 11 is 12.0. The number of carbonyl (C=O) groups excluding carboxylic acids is 2. The molecule has 0 radical (unpaired) electrons. The molecule has 0 bridgehead atoms. The summed E-state index contributed by atoms with van der Waals surface area (Å²) in [5, 5.41) is 9.26. The monoisotopic (exact) mass is 642 g/mol. The number of carbonyl (C=O) groups is 2. The first-order chi connectivity index (χ1) is 19.2. The second kappa shape index (κ2) is 14.4. The van der Waals surface area contributed by atoms with Crippen LogP contribution >= 0.6 is 23.2 Å². The Bertz CT molecular complexity index is 1350. The fourth-order valence-corrected chi connectivity index (χ4v) is 5.76. The Hall–Kier alpha value is -2.79. The largest absolute Gasteiger partial charge is 1.00 e. The number of anilines is 5. The number of hydrogen-bond acceptors (Lipinski definition) is 5. The summed E-state index contributed by atoms with van der Waals surface area (Å²) in [6.45, 7) is 0.704. The van der Waals surface area contributed by atoms with Crippen LogP contribution in [0.4, 0.5) is 32.8 Å². The number of halogens is 4. The lowest BCUT2D eigenvalue weighted by molar-refractivity contribution is -0.123. The minimum absolute atomic E-state index is 0. The fourth-order valence-electron chi connectivity index (χ4n) is 4.76. The summed E-state index contributed by atoms with van der Waals surface area (Å²) < 4.78 is 16.9. The first-order valence-electron chi connectivity index (χ1n) is 12.8. The molecular formula is C28H34Cl3FN6O2S. The van der Waals surface area contributed by atoms with E-state index in [2.05, 4.69) is 28.5 Å². The predicted octanol–water partition coefficient (Wildman–Crippen LogP) is 1.93. The van der Waals surface area contributed by atoms with Gasteiger partial charge in [0.25, 0.3) is 11.7 Å². The average Bonchev–Trinajstić information content (AvgIpc) is 3.50. The minimum Gasteiger partial charge on any atom is -1.00 e. The summed E-state index contributed by atoms with van der Waals surface area (Å²) in [4.78, 5) is 30.4. The number of likely N-dealkylation sites (N-methyl/N-ethyl adjacent to an activating group) is 1. The molecule has 3 N–H and O–H groups in total. The maximum absolute atomic E-state index is 15.2. The molecule has 1 aromatic heterocycles. The van der Waals surface area contributed by atoms with E-state index in [-0.39, 0.29) is 46.7 Å². The minimum atomic E-state index is -1.46. The molecule has 4 rings (SSSR count). The third-order valence-electron chi connectivity index (χ3n) is 6.72. The topological polar surface area (TPSA) is 81.6 Å². The zero-order chi connectivity index (χ0) is 28.9. The van der Waals surface area contributed by atoms with Crippen molar-refractivity contribution in [3.05, 3.63) is 66.7 Å². The number of aromatic nitrogens is 1. The SMILES string of the molecule is CN1c2ccccc2NC1(C(=O)Nc1cccc(F)c1N(CCCl)CCCl)n1ccc(NC(=O)CC[S+](C)C)c1.[Cl-]. The van der Waals surface area contributed by atoms with Gasteiger partial charge in [0.2, 0.25) is 5.91 Å². The highest BCUT2D eigenvalue weighted by atomic mass is 35.5. The molecule has 0 saturated heterocycles. The highest BCUT2D eigenvalue weighted by molar-refractivity contribution is 7.95. The zero-order valence-electron chi connectivity index (χ0n) is 23.1. The molecule has 0 aliphatic carbocycles. The summed E-state index contributed by atoms with van der Waals surface area (Å²) in [7, 11) is 1.96. The molecule has 1 aliphatic rings. The van der Waals surface area contributed by atoms with Crippen LogP contribution in [0, 0.1) is 5.82 Å². The van der Waals surface area contributed by atoms with Crippen LogP contribution in [0.3, 0.4) is 0 Å². The maximum atomic E-state index is 15.2. The molecule has 0 spiro atoms. The van der Waals surface area contributed by atoms with Crippen LogP contribution < -0.4 is 38.2 Å². The molecule has 1 unspecified atom stereocenters. The van der Waals surface area contributed by atoms with E-state index in [0.717, 1.165) is 17.1 Å². The number of fused-ring (bicyclic) bond motifs is 1. The van der Waals surface area contributed by atoms with Crippen molar-refractivity contribution in [2.24, 2.45) is 0 Å². The Morgan fingerprint density at radius 3 is 2.41 bits per heavy atom. The van der Waals surface area contributed by atoms with E-state index in [4.69, 9.17) is 23.2 Å². The van der Waals surface area contributed by atoms with Gasteiger partial charge in [-0.25, -0.2) is 4.39 Å². The lowest BCUT2D eigenvalue weighted by Gasteiger charge is -2.37. The molecule has 3 aromatic rings. The van der Waals surface area contributed by atoms with E-state index in [0.29, 0.717) is 30.9 Å². The molecule has 8 nitrogen and oxygen atoms in total. The van der Waals surface area contributed by atoms with Crippen molar-refractivity contribution in [3.63, 3.8) is 0 Å². The number of benzene rings is 2. The van der Waals surface area contributed by atoms with E-state index >= 15 is 4.39 Å². The molecule has 222 valence electrons. The van der Waals surface area contributed by atoms with Gasteiger partial charge < -0.3 is 42.7 Å². The van der Waals surface area contributed by atoms with Gasteiger partial charge in [-0.15, -0.1) is 23.2 Å². The quantitative estimate of drug-likeness (QED) is 0.208. The second-order valence-corrected chi connectivity index (χ2v) is 12.8. The lowest BCUT2D eigenvalue weighted by Crippen LogP contribution is -3.00. The highest BCUT2D eigenvalue weighted by Gasteiger charge is 2.50. The van der Waals surface area contributed by atoms with Gasteiger partial charge in [0.1, 0.15) is 11.6 Å². The smallest absolute Gasteiger partial charge is 0.293 e. The number of alkyl halides is 2. The highest BCUT2D eigenvalue weighted by Crippen LogP contribution is 2.43. The third-order valence-corrected chi connectivity index (χ3v) is 8.08. The van der Waals surface area contributed by atoms with Crippen molar-refractivity contribution < 1.29 is 26.4 Å². The second-order valence-electron chi connectivity index (χ2n) is 9.62. The van der Waals surface area contributed by atoms with Crippen molar-refractivity contribution in [2.75, 3.05) is 75.9 Å². The van der Waals surface area contributed by atoms with Gasteiger partial charge in [-0.2, -0.15) is 0 Å². The predicted molar refractivity (Wildman–Crippen MR) is 167 cm³/mol. The molecule has 1 atom stereocenters. The van der Waals surface area contributed by atoms with Crippen molar-refractivity contribution >= 4 is 74.3 Å². The Kier molecular flexibility index (Phi) is 11.5. The standard InChI is InChI=1S/C28H33Cl2FN6O2S.ClH/c1-35-24-10-5-4-8-22(24)34-28(35,37-15-11-20(19-37)32-25(38)12-18-40(2)3)27(39)33-23-9-6-7-21(31)26(23)36(16-13-29)17-14-30;/h4-11,15,19,34H,12-14,16-18H2,1-3H3,(H-,32,33,38,39);1H. The van der Waals surface area contributed by atoms with E-state index in [1.54, 1.807) is 47.1 Å². The molecule has 0 saturated carbocycles. The molecule has 0 fully saturated rings. The molecule has 2 aromatic carbocycles. The molecular weight excluding hydrogens is 610 g/mol. The van der Waals surface area contributed by atoms with Crippen molar-refractivity contribution in [1.82, 2.24) is 4.57 Å². The molecule has 13 heteroatoms. The van der Waals surface area contributed by atoms with Gasteiger partial charge in [0.15, 0.2) is 0 Å². The van der Waals surface area contributed by atoms with Crippen molar-refractivity contribution in [2.45, 2.75) is 12.2 Å². The maximum Gasteiger partial charge on any atom is 0.293 e. The lowest BCUT2D eigenvalue weighted by atomic mass is 10.2. The van der Waals surface area contributed by atoms with Gasteiger partial charge in [-0.05, 0) is 41.2 Å². The summed E-state index contributed by atoms with van der Waals surface area (Å²) in [5.41, 5.74) is 2.64. The number of para-hydroxylation sites is 3. The van der Waals surface area contributed by atoms with Crippen LogP contribution in [-0.2, 0) is 26.3 Å². The molecule has 1 aliphatic heterocycles. The van der Waals surface area contributed by atoms with Gasteiger partial charge in [0.05, 0.1) is 47.4 Å². The van der Waals surface area contributed by atoms with Crippen LogP contribution in [-0.4, -0.2) is 66.5 Å². The van der Waals surface area contributed by atoms with Crippen LogP contribution in [0.1, 0.15) is 6.42 Å². The van der Waals surface area contributed by atoms with Crippen molar-refractivity contribution in [3.8, 4) is 0 Å². The van der Waals surface area contributed by atoms with Crippen LogP contribution in [0.15, 0.2) is 60.9 Å². The third kappa shape index (κ3) is 6.99. The fraction of sp³-hybridized carbons (Fsp3) is 0.357. The summed E-state index contributed by atoms with van der Waals surface area (Å²) in [6.07, 6.45) is 8.05. The summed E-state index contributed by atoms with van der Waals surface area (Å²) in [5.74, 6) is -1.17. The number of nitrogens with zero attached hydrogens (tertiary/aromatic N) is 3. The van der Waals surface area contributed by atoms with Crippen LogP contribution in [0.5, 0.6) is 0 Å². The Morgan fingerprint density at radius 1 is 1.05 bits per heavy atom. The Morgan fingerprint density at radius 2 is 1.76 bits per heavy atom.